The first-order valence-electron chi connectivity index (χ1n) is 7.22. The molecular formula is C17H20BrNO2S. The lowest BCUT2D eigenvalue weighted by atomic mass is 10.1. The van der Waals surface area contributed by atoms with Crippen molar-refractivity contribution in [1.82, 2.24) is 4.90 Å². The van der Waals surface area contributed by atoms with Crippen molar-refractivity contribution in [2.75, 3.05) is 20.3 Å². The summed E-state index contributed by atoms with van der Waals surface area (Å²) in [5.41, 5.74) is 2.34. The van der Waals surface area contributed by atoms with Crippen molar-refractivity contribution in [3.63, 3.8) is 0 Å². The van der Waals surface area contributed by atoms with Crippen LogP contribution in [-0.4, -0.2) is 31.1 Å². The van der Waals surface area contributed by atoms with Crippen molar-refractivity contribution in [3.8, 4) is 0 Å². The highest BCUT2D eigenvalue weighted by Gasteiger charge is 2.14. The van der Waals surface area contributed by atoms with Crippen LogP contribution in [0.3, 0.4) is 0 Å². The third kappa shape index (κ3) is 5.23. The highest BCUT2D eigenvalue weighted by molar-refractivity contribution is 9.10. The number of methoxy groups -OCH3 is 1. The maximum absolute atomic E-state index is 12.5. The molecule has 0 aliphatic heterocycles. The predicted molar refractivity (Wildman–Crippen MR) is 94.1 cm³/mol. The van der Waals surface area contributed by atoms with Gasteiger partial charge in [0.1, 0.15) is 0 Å². The van der Waals surface area contributed by atoms with Gasteiger partial charge in [0.05, 0.1) is 6.61 Å². The molecule has 0 radical (unpaired) electrons. The van der Waals surface area contributed by atoms with Gasteiger partial charge in [-0.3, -0.25) is 4.79 Å². The molecule has 3 nitrogen and oxygen atoms in total. The monoisotopic (exact) mass is 381 g/mol. The Hall–Kier alpha value is -1.17. The summed E-state index contributed by atoms with van der Waals surface area (Å²) in [5, 5.41) is 4.12. The number of thiophene rings is 1. The van der Waals surface area contributed by atoms with E-state index in [4.69, 9.17) is 4.74 Å². The highest BCUT2D eigenvalue weighted by Crippen LogP contribution is 2.18. The fraction of sp³-hybridized carbons (Fsp3) is 0.353. The van der Waals surface area contributed by atoms with E-state index >= 15 is 0 Å². The number of rotatable bonds is 8. The number of ether oxygens (including phenoxy) is 1. The van der Waals surface area contributed by atoms with Crippen molar-refractivity contribution < 1.29 is 9.53 Å². The zero-order valence-corrected chi connectivity index (χ0v) is 15.0. The largest absolute Gasteiger partial charge is 0.383 e. The Morgan fingerprint density at radius 3 is 2.82 bits per heavy atom. The zero-order chi connectivity index (χ0) is 15.8. The molecule has 1 aromatic carbocycles. The number of amides is 1. The summed E-state index contributed by atoms with van der Waals surface area (Å²) >= 11 is 5.18. The number of halogens is 1. The van der Waals surface area contributed by atoms with Crippen molar-refractivity contribution in [1.29, 1.82) is 0 Å². The molecule has 5 heteroatoms. The van der Waals surface area contributed by atoms with Gasteiger partial charge in [-0.25, -0.2) is 0 Å². The van der Waals surface area contributed by atoms with Gasteiger partial charge >= 0.3 is 0 Å². The first kappa shape index (κ1) is 17.2. The van der Waals surface area contributed by atoms with Gasteiger partial charge in [-0.1, -0.05) is 34.1 Å². The van der Waals surface area contributed by atoms with Crippen molar-refractivity contribution >= 4 is 33.2 Å². The van der Waals surface area contributed by atoms with Gasteiger partial charge in [-0.2, -0.15) is 11.3 Å². The molecule has 0 spiro atoms. The Bertz CT molecular complexity index is 586. The lowest BCUT2D eigenvalue weighted by molar-refractivity contribution is -0.132. The number of benzene rings is 1. The lowest BCUT2D eigenvalue weighted by Crippen LogP contribution is -2.33. The van der Waals surface area contributed by atoms with Crippen LogP contribution in [0.2, 0.25) is 0 Å². The van der Waals surface area contributed by atoms with E-state index in [0.717, 1.165) is 16.5 Å². The quantitative estimate of drug-likeness (QED) is 0.688. The lowest BCUT2D eigenvalue weighted by Gasteiger charge is -2.22. The molecule has 0 fully saturated rings. The number of aryl methyl sites for hydroxylation is 1. The van der Waals surface area contributed by atoms with Crippen LogP contribution in [0, 0.1) is 0 Å². The zero-order valence-electron chi connectivity index (χ0n) is 12.6. The Labute approximate surface area is 144 Å². The molecule has 0 saturated carbocycles. The average Bonchev–Trinajstić information content (AvgIpc) is 3.03. The van der Waals surface area contributed by atoms with Crippen LogP contribution >= 0.6 is 27.3 Å². The maximum atomic E-state index is 12.5. The number of carbonyl (C=O) groups excluding carboxylic acids is 1. The fourth-order valence-electron chi connectivity index (χ4n) is 2.20. The summed E-state index contributed by atoms with van der Waals surface area (Å²) in [6.07, 6.45) is 1.25. The van der Waals surface area contributed by atoms with Crippen LogP contribution in [0.1, 0.15) is 17.5 Å². The fourth-order valence-corrected chi connectivity index (χ4v) is 3.34. The van der Waals surface area contributed by atoms with Crippen LogP contribution in [0.5, 0.6) is 0 Å². The summed E-state index contributed by atoms with van der Waals surface area (Å²) in [6.45, 7) is 1.84. The third-order valence-corrected chi connectivity index (χ3v) is 4.94. The number of hydrogen-bond acceptors (Lipinski definition) is 3. The molecule has 0 atom stereocenters. The standard InChI is InChI=1S/C17H20BrNO2S/c1-21-10-9-19(12-14-8-11-22-13-14)17(20)7-6-15-4-2-3-5-16(15)18/h2-5,8,11,13H,6-7,9-10,12H2,1H3. The molecule has 0 unspecified atom stereocenters. The summed E-state index contributed by atoms with van der Waals surface area (Å²) in [7, 11) is 1.66. The molecule has 2 rings (SSSR count). The molecule has 0 N–H and O–H groups in total. The third-order valence-electron chi connectivity index (χ3n) is 3.44. The first-order valence-corrected chi connectivity index (χ1v) is 8.95. The van der Waals surface area contributed by atoms with E-state index in [1.807, 2.05) is 28.5 Å². The summed E-state index contributed by atoms with van der Waals surface area (Å²) in [5.74, 6) is 0.166. The van der Waals surface area contributed by atoms with E-state index < -0.39 is 0 Å². The maximum Gasteiger partial charge on any atom is 0.223 e. The molecule has 1 heterocycles. The minimum Gasteiger partial charge on any atom is -0.383 e. The molecule has 0 bridgehead atoms. The van der Waals surface area contributed by atoms with E-state index in [0.29, 0.717) is 26.1 Å². The Balaban J connectivity index is 1.94. The van der Waals surface area contributed by atoms with Gasteiger partial charge in [0.15, 0.2) is 0 Å². The van der Waals surface area contributed by atoms with Gasteiger partial charge in [-0.15, -0.1) is 0 Å². The second-order valence-electron chi connectivity index (χ2n) is 5.03. The molecular weight excluding hydrogens is 362 g/mol. The molecule has 0 aliphatic carbocycles. The number of carbonyl (C=O) groups is 1. The normalized spacial score (nSPS) is 10.6. The van der Waals surface area contributed by atoms with Gasteiger partial charge in [-0.05, 0) is 40.4 Å². The van der Waals surface area contributed by atoms with Crippen LogP contribution in [-0.2, 0) is 22.5 Å². The van der Waals surface area contributed by atoms with E-state index in [1.165, 1.54) is 5.56 Å². The molecule has 118 valence electrons. The molecule has 2 aromatic rings. The Morgan fingerprint density at radius 2 is 2.14 bits per heavy atom. The van der Waals surface area contributed by atoms with Crippen LogP contribution in [0.15, 0.2) is 45.6 Å². The number of hydrogen-bond donors (Lipinski definition) is 0. The van der Waals surface area contributed by atoms with E-state index in [2.05, 4.69) is 33.4 Å². The van der Waals surface area contributed by atoms with Gasteiger partial charge < -0.3 is 9.64 Å². The SMILES string of the molecule is COCCN(Cc1ccsc1)C(=O)CCc1ccccc1Br. The van der Waals surface area contributed by atoms with Crippen molar-refractivity contribution in [3.05, 3.63) is 56.7 Å². The van der Waals surface area contributed by atoms with Gasteiger partial charge in [0.2, 0.25) is 5.91 Å². The van der Waals surface area contributed by atoms with E-state index in [9.17, 15) is 4.79 Å². The molecule has 0 saturated heterocycles. The van der Waals surface area contributed by atoms with Crippen LogP contribution in [0.4, 0.5) is 0 Å². The Kier molecular flexibility index (Phi) is 7.09. The Morgan fingerprint density at radius 1 is 1.32 bits per heavy atom. The average molecular weight is 382 g/mol. The van der Waals surface area contributed by atoms with Gasteiger partial charge in [0.25, 0.3) is 0 Å². The second kappa shape index (κ2) is 9.08. The molecule has 1 aromatic heterocycles. The first-order chi connectivity index (χ1) is 10.7. The summed E-state index contributed by atoms with van der Waals surface area (Å²) in [6, 6.07) is 10.1. The smallest absolute Gasteiger partial charge is 0.223 e. The van der Waals surface area contributed by atoms with Gasteiger partial charge in [0, 0.05) is 31.1 Å². The summed E-state index contributed by atoms with van der Waals surface area (Å²) < 4.78 is 6.18. The van der Waals surface area contributed by atoms with Crippen LogP contribution in [0.25, 0.3) is 0 Å². The molecule has 1 amide bonds. The topological polar surface area (TPSA) is 29.5 Å². The second-order valence-corrected chi connectivity index (χ2v) is 6.67. The van der Waals surface area contributed by atoms with Crippen molar-refractivity contribution in [2.24, 2.45) is 0 Å². The number of nitrogens with zero attached hydrogens (tertiary/aromatic N) is 1. The van der Waals surface area contributed by atoms with Crippen molar-refractivity contribution in [2.45, 2.75) is 19.4 Å². The van der Waals surface area contributed by atoms with E-state index in [-0.39, 0.29) is 5.91 Å². The molecule has 0 aliphatic rings. The minimum atomic E-state index is 0.166. The predicted octanol–water partition coefficient (Wildman–Crippen LogP) is 4.12. The molecule has 22 heavy (non-hydrogen) atoms. The highest BCUT2D eigenvalue weighted by atomic mass is 79.9. The minimum absolute atomic E-state index is 0.166. The van der Waals surface area contributed by atoms with E-state index in [1.54, 1.807) is 18.4 Å². The summed E-state index contributed by atoms with van der Waals surface area (Å²) in [4.78, 5) is 14.4. The van der Waals surface area contributed by atoms with Crippen LogP contribution < -0.4 is 0 Å².